The minimum atomic E-state index is -0.461. The molecule has 7 rings (SSSR count). The number of unbranched alkanes of at least 4 members (excludes halogenated alkanes) is 1. The predicted octanol–water partition coefficient (Wildman–Crippen LogP) is 10.1. The summed E-state index contributed by atoms with van der Waals surface area (Å²) in [4.78, 5) is 24.7. The molecule has 764 valence electrons. The topological polar surface area (TPSA) is 335 Å². The number of ether oxygens (including phenoxy) is 30. The second kappa shape index (κ2) is 82.3. The van der Waals surface area contributed by atoms with Gasteiger partial charge in [0.1, 0.15) is 12.4 Å². The van der Waals surface area contributed by atoms with Crippen LogP contribution in [0.1, 0.15) is 73.1 Å². The molecule has 34 nitrogen and oxygen atoms in total. The van der Waals surface area contributed by atoms with E-state index in [4.69, 9.17) is 142 Å². The van der Waals surface area contributed by atoms with E-state index in [9.17, 15) is 9.59 Å². The molecule has 0 atom stereocenters. The van der Waals surface area contributed by atoms with E-state index in [0.717, 1.165) is 49.8 Å². The Hall–Kier alpha value is -6.48. The number of rotatable bonds is 98. The van der Waals surface area contributed by atoms with E-state index in [1.807, 2.05) is 36.4 Å². The maximum absolute atomic E-state index is 12.4. The number of benzene rings is 5. The van der Waals surface area contributed by atoms with Crippen molar-refractivity contribution >= 4 is 12.0 Å². The van der Waals surface area contributed by atoms with Gasteiger partial charge in [-0.3, -0.25) is 4.79 Å². The summed E-state index contributed by atoms with van der Waals surface area (Å²) in [6, 6.07) is 40.7. The van der Waals surface area contributed by atoms with Gasteiger partial charge in [0.25, 0.3) is 0 Å². The van der Waals surface area contributed by atoms with Crippen LogP contribution in [0.4, 0.5) is 4.79 Å². The highest BCUT2D eigenvalue weighted by molar-refractivity contribution is 5.84. The molecule has 0 saturated heterocycles. The Labute approximate surface area is 800 Å². The van der Waals surface area contributed by atoms with Crippen LogP contribution >= 0.6 is 0 Å². The molecule has 0 bridgehead atoms. The zero-order chi connectivity index (χ0) is 94.6. The third kappa shape index (κ3) is 54.8. The van der Waals surface area contributed by atoms with Crippen molar-refractivity contribution in [1.29, 1.82) is 0 Å². The molecule has 0 heterocycles. The lowest BCUT2D eigenvalue weighted by Crippen LogP contribution is -2.29. The molecule has 34 heteroatoms. The summed E-state index contributed by atoms with van der Waals surface area (Å²) in [5.41, 5.74) is 12.3. The number of fused-ring (bicyclic) bond motifs is 6. The number of amides is 2. The van der Waals surface area contributed by atoms with Crippen molar-refractivity contribution in [3.05, 3.63) is 138 Å². The minimum Gasteiger partial charge on any atom is -0.494 e. The summed E-state index contributed by atoms with van der Waals surface area (Å²) in [5, 5.41) is 5.73. The number of hydrogen-bond donors (Lipinski definition) is 2. The van der Waals surface area contributed by atoms with Gasteiger partial charge in [-0.25, -0.2) is 4.79 Å². The normalized spacial score (nSPS) is 12.5. The summed E-state index contributed by atoms with van der Waals surface area (Å²) in [5.74, 6) is 0.802. The van der Waals surface area contributed by atoms with Crippen LogP contribution in [-0.4, -0.2) is 409 Å². The Morgan fingerprint density at radius 3 is 0.911 bits per heavy atom. The summed E-state index contributed by atoms with van der Waals surface area (Å²) in [6.45, 7) is 27.4. The zero-order valence-electron chi connectivity index (χ0n) is 80.6. The molecule has 2 aliphatic rings. The van der Waals surface area contributed by atoms with Crippen molar-refractivity contribution < 1.29 is 152 Å². The largest absolute Gasteiger partial charge is 0.494 e. The molecular formula is C101H158N2O32. The fourth-order valence-corrected chi connectivity index (χ4v) is 14.4. The van der Waals surface area contributed by atoms with Crippen LogP contribution in [0, 0.1) is 0 Å². The highest BCUT2D eigenvalue weighted by atomic mass is 16.6. The summed E-state index contributed by atoms with van der Waals surface area (Å²) < 4.78 is 167. The van der Waals surface area contributed by atoms with Crippen molar-refractivity contribution in [1.82, 2.24) is 10.6 Å². The molecule has 2 aliphatic carbocycles. The van der Waals surface area contributed by atoms with Gasteiger partial charge in [0.05, 0.1) is 350 Å². The third-order valence-electron chi connectivity index (χ3n) is 21.2. The van der Waals surface area contributed by atoms with E-state index < -0.39 is 6.09 Å². The van der Waals surface area contributed by atoms with Crippen molar-refractivity contribution in [2.75, 3.05) is 397 Å². The molecule has 2 N–H and O–H groups in total. The number of carbonyl (C=O) groups excluding carboxylic acids is 2. The van der Waals surface area contributed by atoms with Crippen LogP contribution in [-0.2, 0) is 148 Å². The maximum Gasteiger partial charge on any atom is 0.407 e. The van der Waals surface area contributed by atoms with Crippen LogP contribution in [0.25, 0.3) is 33.4 Å². The lowest BCUT2D eigenvalue weighted by atomic mass is 9.71. The first-order valence-electron chi connectivity index (χ1n) is 48.3. The van der Waals surface area contributed by atoms with Gasteiger partial charge in [-0.15, -0.1) is 0 Å². The molecule has 0 unspecified atom stereocenters. The van der Waals surface area contributed by atoms with Gasteiger partial charge in [0.2, 0.25) is 5.91 Å². The van der Waals surface area contributed by atoms with Gasteiger partial charge in [0.15, 0.2) is 0 Å². The van der Waals surface area contributed by atoms with E-state index in [-0.39, 0.29) is 30.3 Å². The highest BCUT2D eigenvalue weighted by Crippen LogP contribution is 2.55. The van der Waals surface area contributed by atoms with Crippen LogP contribution in [0.3, 0.4) is 0 Å². The Kier molecular flexibility index (Phi) is 70.4. The molecule has 2 amide bonds. The number of nitrogens with one attached hydrogen (secondary N) is 2. The molecule has 0 fully saturated rings. The monoisotopic (exact) mass is 1910 g/mol. The molecule has 0 aliphatic heterocycles. The third-order valence-corrected chi connectivity index (χ3v) is 21.2. The molecule has 0 spiro atoms. The standard InChI is InChI=1S/C101H158N2O32/c1-106-35-37-108-30-11-26-101(27-12-31-109-38-36-107-2)97-18-8-7-17-94(97)95-24-21-88(85-98(95)101)87-19-22-89(23-20-87)134-32-10-9-28-102-99(104)25-33-110-39-41-112-43-45-114-47-49-116-51-53-118-55-57-120-59-61-122-63-65-124-67-69-126-71-73-128-75-77-130-79-81-132-83-84-133-82-80-131-78-76-129-74-72-127-70-68-125-66-64-123-62-60-121-58-56-119-54-52-117-50-48-115-46-44-113-42-40-111-34-29-103-100(105)135-86-96-92-15-5-3-13-90(92)91-14-4-6-16-93(91)96/h3-8,13-24,85,96H,9-12,25-84,86H2,1-2H3,(H,102,104)(H,103,105). The molecule has 135 heavy (non-hydrogen) atoms. The average molecular weight is 1910 g/mol. The SMILES string of the molecule is COCCOCCCC1(CCCOCCOC)c2ccccc2-c2ccc(-c3ccc(OCCCCNC(=O)CCOCCOCCOCCOCCOCCOCCOCCOCCOCCOCCOCCOCCOCCOCCOCCOCCOCCOCCOCCOCCOCCOCCOCCOCCNC(=O)OCC4c5ccccc5-c5ccccc54)cc3)cc21. The Bertz CT molecular complexity index is 3550. The number of alkyl carbamates (subject to hydrolysis) is 1. The summed E-state index contributed by atoms with van der Waals surface area (Å²) in [6.07, 6.45) is 5.25. The minimum absolute atomic E-state index is 0.0236. The second-order valence-electron chi connectivity index (χ2n) is 30.9. The predicted molar refractivity (Wildman–Crippen MR) is 507 cm³/mol. The molecule has 0 saturated carbocycles. The van der Waals surface area contributed by atoms with E-state index in [1.165, 1.54) is 50.1 Å². The molecule has 0 radical (unpaired) electrons. The first-order chi connectivity index (χ1) is 67.0. The van der Waals surface area contributed by atoms with Crippen LogP contribution in [0.15, 0.2) is 115 Å². The number of hydrogen-bond acceptors (Lipinski definition) is 32. The van der Waals surface area contributed by atoms with Gasteiger partial charge in [-0.2, -0.15) is 0 Å². The van der Waals surface area contributed by atoms with E-state index in [2.05, 4.69) is 89.5 Å². The van der Waals surface area contributed by atoms with Crippen LogP contribution < -0.4 is 15.4 Å². The van der Waals surface area contributed by atoms with Crippen molar-refractivity contribution in [2.45, 2.75) is 56.3 Å². The summed E-state index contributed by atoms with van der Waals surface area (Å²) >= 11 is 0. The Morgan fingerprint density at radius 1 is 0.259 bits per heavy atom. The second-order valence-corrected chi connectivity index (χ2v) is 30.9. The maximum atomic E-state index is 12.4. The fraction of sp³-hybridized carbons (Fsp3) is 0.683. The van der Waals surface area contributed by atoms with Gasteiger partial charge in [-0.05, 0) is 112 Å². The lowest BCUT2D eigenvalue weighted by molar-refractivity contribution is -0.122. The molecule has 5 aromatic rings. The molecular weight excluding hydrogens is 1750 g/mol. The average Bonchev–Trinajstić information content (AvgIpc) is 1.84. The molecule has 5 aromatic carbocycles. The van der Waals surface area contributed by atoms with Crippen molar-refractivity contribution in [2.24, 2.45) is 0 Å². The fourth-order valence-electron chi connectivity index (χ4n) is 14.4. The van der Waals surface area contributed by atoms with Crippen molar-refractivity contribution in [3.8, 4) is 39.1 Å². The number of carbonyl (C=O) groups is 2. The van der Waals surface area contributed by atoms with Gasteiger partial charge >= 0.3 is 6.09 Å². The lowest BCUT2D eigenvalue weighted by Gasteiger charge is -2.33. The summed E-state index contributed by atoms with van der Waals surface area (Å²) in [7, 11) is 3.40. The van der Waals surface area contributed by atoms with Gasteiger partial charge in [0, 0.05) is 58.3 Å². The smallest absolute Gasteiger partial charge is 0.407 e. The zero-order valence-corrected chi connectivity index (χ0v) is 80.6. The van der Waals surface area contributed by atoms with Gasteiger partial charge in [-0.1, -0.05) is 97.1 Å². The first-order valence-corrected chi connectivity index (χ1v) is 48.3. The van der Waals surface area contributed by atoms with E-state index in [0.29, 0.717) is 376 Å². The van der Waals surface area contributed by atoms with Crippen LogP contribution in [0.2, 0.25) is 0 Å². The Balaban J connectivity index is 0.482. The number of methoxy groups -OCH3 is 2. The molecule has 0 aromatic heterocycles. The highest BCUT2D eigenvalue weighted by Gasteiger charge is 2.42. The quantitative estimate of drug-likeness (QED) is 0.0342. The first kappa shape index (κ1) is 115. The van der Waals surface area contributed by atoms with E-state index in [1.54, 1.807) is 14.2 Å². The van der Waals surface area contributed by atoms with Crippen LogP contribution in [0.5, 0.6) is 5.75 Å². The van der Waals surface area contributed by atoms with Crippen molar-refractivity contribution in [3.63, 3.8) is 0 Å². The Morgan fingerprint density at radius 2 is 0.556 bits per heavy atom. The van der Waals surface area contributed by atoms with E-state index >= 15 is 0 Å². The van der Waals surface area contributed by atoms with Gasteiger partial charge < -0.3 is 153 Å².